The first-order valence-corrected chi connectivity index (χ1v) is 9.43. The maximum atomic E-state index is 12.1. The Morgan fingerprint density at radius 3 is 2.72 bits per heavy atom. The Morgan fingerprint density at radius 2 is 2.00 bits per heavy atom. The highest BCUT2D eigenvalue weighted by molar-refractivity contribution is 7.98. The molecule has 132 valence electrons. The zero-order valence-electron chi connectivity index (χ0n) is 14.2. The average Bonchev–Trinajstić information content (AvgIpc) is 2.68. The molecule has 7 heteroatoms. The van der Waals surface area contributed by atoms with Crippen molar-refractivity contribution in [1.82, 2.24) is 10.3 Å². The number of carbonyl (C=O) groups excluding carboxylic acids is 1. The molecule has 1 aromatic heterocycles. The molecule has 0 atom stereocenters. The first-order valence-electron chi connectivity index (χ1n) is 8.21. The quantitative estimate of drug-likeness (QED) is 0.805. The SMILES string of the molecule is CSc1ccc(NC(=O)NCc2ccnc(N3CCOCC3)c2)cc1. The van der Waals surface area contributed by atoms with Crippen LogP contribution in [0.1, 0.15) is 5.56 Å². The van der Waals surface area contributed by atoms with Crippen LogP contribution in [-0.2, 0) is 11.3 Å². The van der Waals surface area contributed by atoms with Crippen molar-refractivity contribution in [2.45, 2.75) is 11.4 Å². The van der Waals surface area contributed by atoms with Crippen LogP contribution in [0.5, 0.6) is 0 Å². The summed E-state index contributed by atoms with van der Waals surface area (Å²) < 4.78 is 5.37. The van der Waals surface area contributed by atoms with E-state index in [9.17, 15) is 4.79 Å². The Hall–Kier alpha value is -2.25. The molecule has 0 unspecified atom stereocenters. The molecule has 1 aliphatic heterocycles. The molecule has 0 aliphatic carbocycles. The minimum atomic E-state index is -0.221. The van der Waals surface area contributed by atoms with E-state index >= 15 is 0 Å². The zero-order valence-corrected chi connectivity index (χ0v) is 15.0. The number of morpholine rings is 1. The van der Waals surface area contributed by atoms with Gasteiger partial charge in [0.05, 0.1) is 13.2 Å². The summed E-state index contributed by atoms with van der Waals surface area (Å²) in [5.41, 5.74) is 1.79. The summed E-state index contributed by atoms with van der Waals surface area (Å²) in [5, 5.41) is 5.72. The molecule has 3 rings (SSSR count). The van der Waals surface area contributed by atoms with Crippen LogP contribution in [0.3, 0.4) is 0 Å². The van der Waals surface area contributed by atoms with E-state index in [1.54, 1.807) is 18.0 Å². The number of benzene rings is 1. The Labute approximate surface area is 152 Å². The number of rotatable bonds is 5. The van der Waals surface area contributed by atoms with E-state index in [4.69, 9.17) is 4.74 Å². The standard InChI is InChI=1S/C18H22N4O2S/c1-25-16-4-2-15(3-5-16)21-18(23)20-13-14-6-7-19-17(12-14)22-8-10-24-11-9-22/h2-7,12H,8-11,13H2,1H3,(H2,20,21,23). The number of thioether (sulfide) groups is 1. The summed E-state index contributed by atoms with van der Waals surface area (Å²) >= 11 is 1.67. The van der Waals surface area contributed by atoms with Crippen molar-refractivity contribution >= 4 is 29.3 Å². The van der Waals surface area contributed by atoms with E-state index in [1.807, 2.05) is 42.7 Å². The van der Waals surface area contributed by atoms with Gasteiger partial charge in [0.1, 0.15) is 5.82 Å². The van der Waals surface area contributed by atoms with Crippen LogP contribution in [0.25, 0.3) is 0 Å². The third-order valence-corrected chi connectivity index (χ3v) is 4.69. The fourth-order valence-corrected chi connectivity index (χ4v) is 2.98. The van der Waals surface area contributed by atoms with E-state index in [2.05, 4.69) is 20.5 Å². The summed E-state index contributed by atoms with van der Waals surface area (Å²) in [6.07, 6.45) is 3.80. The van der Waals surface area contributed by atoms with Crippen molar-refractivity contribution in [3.05, 3.63) is 48.2 Å². The number of amides is 2. The van der Waals surface area contributed by atoms with Gasteiger partial charge in [-0.05, 0) is 48.2 Å². The molecule has 2 aromatic rings. The van der Waals surface area contributed by atoms with Gasteiger partial charge >= 0.3 is 6.03 Å². The van der Waals surface area contributed by atoms with Gasteiger partial charge in [-0.3, -0.25) is 0 Å². The van der Waals surface area contributed by atoms with Crippen LogP contribution >= 0.6 is 11.8 Å². The predicted octanol–water partition coefficient (Wildman–Crippen LogP) is 2.96. The number of pyridine rings is 1. The van der Waals surface area contributed by atoms with Gasteiger partial charge in [0.2, 0.25) is 0 Å². The lowest BCUT2D eigenvalue weighted by molar-refractivity contribution is 0.122. The van der Waals surface area contributed by atoms with Crippen molar-refractivity contribution in [3.63, 3.8) is 0 Å². The highest BCUT2D eigenvalue weighted by Crippen LogP contribution is 2.17. The van der Waals surface area contributed by atoms with Gasteiger partial charge in [0.15, 0.2) is 0 Å². The molecule has 0 saturated carbocycles. The molecule has 1 fully saturated rings. The second kappa shape index (κ2) is 8.73. The normalized spacial score (nSPS) is 14.2. The molecule has 1 aliphatic rings. The summed E-state index contributed by atoms with van der Waals surface area (Å²) in [7, 11) is 0. The smallest absolute Gasteiger partial charge is 0.319 e. The van der Waals surface area contributed by atoms with Gasteiger partial charge < -0.3 is 20.3 Å². The molecule has 0 bridgehead atoms. The summed E-state index contributed by atoms with van der Waals surface area (Å²) in [5.74, 6) is 0.927. The molecular formula is C18H22N4O2S. The first-order chi connectivity index (χ1) is 12.2. The minimum absolute atomic E-state index is 0.221. The number of ether oxygens (including phenoxy) is 1. The molecule has 1 saturated heterocycles. The van der Waals surface area contributed by atoms with E-state index in [0.29, 0.717) is 6.54 Å². The van der Waals surface area contributed by atoms with Gasteiger partial charge in [0, 0.05) is 36.4 Å². The fraction of sp³-hybridized carbons (Fsp3) is 0.333. The lowest BCUT2D eigenvalue weighted by atomic mass is 10.2. The van der Waals surface area contributed by atoms with Crippen LogP contribution in [0.4, 0.5) is 16.3 Å². The van der Waals surface area contributed by atoms with Crippen molar-refractivity contribution in [2.24, 2.45) is 0 Å². The number of hydrogen-bond donors (Lipinski definition) is 2. The topological polar surface area (TPSA) is 66.5 Å². The van der Waals surface area contributed by atoms with Gasteiger partial charge in [-0.2, -0.15) is 0 Å². The number of urea groups is 1. The summed E-state index contributed by atoms with van der Waals surface area (Å²) in [6, 6.07) is 11.5. The molecule has 0 spiro atoms. The molecule has 2 amide bonds. The van der Waals surface area contributed by atoms with Crippen molar-refractivity contribution in [1.29, 1.82) is 0 Å². The lowest BCUT2D eigenvalue weighted by Crippen LogP contribution is -2.36. The lowest BCUT2D eigenvalue weighted by Gasteiger charge is -2.28. The van der Waals surface area contributed by atoms with E-state index < -0.39 is 0 Å². The molecule has 2 N–H and O–H groups in total. The minimum Gasteiger partial charge on any atom is -0.378 e. The van der Waals surface area contributed by atoms with Crippen LogP contribution in [0.2, 0.25) is 0 Å². The van der Waals surface area contributed by atoms with E-state index in [-0.39, 0.29) is 6.03 Å². The number of nitrogens with one attached hydrogen (secondary N) is 2. The number of hydrogen-bond acceptors (Lipinski definition) is 5. The van der Waals surface area contributed by atoms with Crippen LogP contribution < -0.4 is 15.5 Å². The van der Waals surface area contributed by atoms with Crippen LogP contribution in [0.15, 0.2) is 47.5 Å². The number of aromatic nitrogens is 1. The molecular weight excluding hydrogens is 336 g/mol. The number of carbonyl (C=O) groups is 1. The molecule has 2 heterocycles. The van der Waals surface area contributed by atoms with Gasteiger partial charge in [0.25, 0.3) is 0 Å². The van der Waals surface area contributed by atoms with Gasteiger partial charge in [-0.1, -0.05) is 0 Å². The average molecular weight is 358 g/mol. The third kappa shape index (κ3) is 5.11. The second-order valence-electron chi connectivity index (χ2n) is 5.66. The molecule has 1 aromatic carbocycles. The predicted molar refractivity (Wildman–Crippen MR) is 101 cm³/mol. The van der Waals surface area contributed by atoms with Crippen molar-refractivity contribution < 1.29 is 9.53 Å². The third-order valence-electron chi connectivity index (χ3n) is 3.95. The van der Waals surface area contributed by atoms with E-state index in [0.717, 1.165) is 43.4 Å². The highest BCUT2D eigenvalue weighted by atomic mass is 32.2. The zero-order chi connectivity index (χ0) is 17.5. The Kier molecular flexibility index (Phi) is 6.14. The summed E-state index contributed by atoms with van der Waals surface area (Å²) in [6.45, 7) is 3.59. The maximum absolute atomic E-state index is 12.1. The fourth-order valence-electron chi connectivity index (χ4n) is 2.57. The largest absolute Gasteiger partial charge is 0.378 e. The number of anilines is 2. The van der Waals surface area contributed by atoms with E-state index in [1.165, 1.54) is 4.90 Å². The van der Waals surface area contributed by atoms with Crippen molar-refractivity contribution in [3.8, 4) is 0 Å². The van der Waals surface area contributed by atoms with Gasteiger partial charge in [-0.25, -0.2) is 9.78 Å². The van der Waals surface area contributed by atoms with Gasteiger partial charge in [-0.15, -0.1) is 11.8 Å². The Balaban J connectivity index is 1.52. The van der Waals surface area contributed by atoms with Crippen LogP contribution in [0, 0.1) is 0 Å². The van der Waals surface area contributed by atoms with Crippen molar-refractivity contribution in [2.75, 3.05) is 42.8 Å². The highest BCUT2D eigenvalue weighted by Gasteiger charge is 2.12. The maximum Gasteiger partial charge on any atom is 0.319 e. The molecule has 0 radical (unpaired) electrons. The molecule has 6 nitrogen and oxygen atoms in total. The Bertz CT molecular complexity index is 702. The van der Waals surface area contributed by atoms with Crippen LogP contribution in [-0.4, -0.2) is 43.6 Å². The molecule has 25 heavy (non-hydrogen) atoms. The summed E-state index contributed by atoms with van der Waals surface area (Å²) in [4.78, 5) is 19.8. The monoisotopic (exact) mass is 358 g/mol. The Morgan fingerprint density at radius 1 is 1.24 bits per heavy atom. The second-order valence-corrected chi connectivity index (χ2v) is 6.54. The number of nitrogens with zero attached hydrogens (tertiary/aromatic N) is 2. The first kappa shape index (κ1) is 17.6.